The molecule has 0 saturated heterocycles. The number of halogens is 1. The lowest BCUT2D eigenvalue weighted by Gasteiger charge is -2.69. The number of rotatable bonds is 2. The predicted octanol–water partition coefficient (Wildman–Crippen LogP) is 7.22. The molecular weight excluding hydrogens is 505 g/mol. The van der Waals surface area contributed by atoms with Gasteiger partial charge in [0, 0.05) is 16.7 Å². The summed E-state index contributed by atoms with van der Waals surface area (Å²) in [5, 5.41) is 3.93. The minimum Gasteiger partial charge on any atom is -0.339 e. The summed E-state index contributed by atoms with van der Waals surface area (Å²) in [5.41, 5.74) is -0.950. The van der Waals surface area contributed by atoms with Gasteiger partial charge in [0.25, 0.3) is 0 Å². The van der Waals surface area contributed by atoms with Gasteiger partial charge in [-0.15, -0.1) is 0 Å². The average molecular weight is 548 g/mol. The molecule has 9 atom stereocenters. The zero-order valence-corrected chi connectivity index (χ0v) is 24.9. The van der Waals surface area contributed by atoms with Crippen LogP contribution < -0.4 is 0 Å². The van der Waals surface area contributed by atoms with Gasteiger partial charge < -0.3 is 9.32 Å². The molecule has 40 heavy (non-hydrogen) atoms. The van der Waals surface area contributed by atoms with Crippen molar-refractivity contribution >= 4 is 11.6 Å². The molecule has 5 aliphatic rings. The molecule has 3 fully saturated rings. The molecule has 1 aromatic rings. The van der Waals surface area contributed by atoms with Gasteiger partial charge in [-0.25, -0.2) is 9.24 Å². The number of nitrogens with zero attached hydrogens (tertiary/aromatic N) is 3. The molecule has 5 aliphatic carbocycles. The SMILES string of the molecule is [C-]#[N+]C1=C[C@]2(C)C3=CC(=O)[C@@H]4[C@@H]5[C@@H](C)[C@H](C)CC[C@]5(c5nc(CF)no5)CC[C@@]4(C)[C@]3(C)CC[C@H]2C(C)(C)C1=O. The number of fused-ring (bicyclic) bond motifs is 7. The molecule has 0 aromatic carbocycles. The minimum atomic E-state index is -0.765. The van der Waals surface area contributed by atoms with Crippen LogP contribution >= 0.6 is 0 Å². The molecule has 0 spiro atoms. The Bertz CT molecular complexity index is 1400. The number of allylic oxidation sites excluding steroid dienone is 4. The van der Waals surface area contributed by atoms with E-state index in [1.807, 2.05) is 26.0 Å². The van der Waals surface area contributed by atoms with E-state index in [1.165, 1.54) is 0 Å². The molecule has 6 nitrogen and oxygen atoms in total. The van der Waals surface area contributed by atoms with Crippen molar-refractivity contribution in [2.75, 3.05) is 0 Å². The fourth-order valence-corrected chi connectivity index (χ4v) is 10.7. The lowest BCUT2D eigenvalue weighted by Crippen LogP contribution is -2.66. The van der Waals surface area contributed by atoms with Crippen LogP contribution in [-0.4, -0.2) is 21.7 Å². The van der Waals surface area contributed by atoms with E-state index >= 15 is 0 Å². The fraction of sp³-hybridized carbons (Fsp3) is 0.727. The van der Waals surface area contributed by atoms with E-state index in [-0.39, 0.29) is 57.6 Å². The highest BCUT2D eigenvalue weighted by molar-refractivity contribution is 6.03. The van der Waals surface area contributed by atoms with Crippen LogP contribution in [0.4, 0.5) is 4.39 Å². The van der Waals surface area contributed by atoms with Gasteiger partial charge in [-0.05, 0) is 79.1 Å². The average Bonchev–Trinajstić information content (AvgIpc) is 3.40. The van der Waals surface area contributed by atoms with E-state index in [0.29, 0.717) is 11.8 Å². The van der Waals surface area contributed by atoms with Crippen LogP contribution in [-0.2, 0) is 21.7 Å². The Balaban J connectivity index is 1.54. The molecule has 1 aromatic heterocycles. The Morgan fingerprint density at radius 3 is 2.45 bits per heavy atom. The van der Waals surface area contributed by atoms with Gasteiger partial charge in [0.15, 0.2) is 18.2 Å². The Kier molecular flexibility index (Phi) is 5.82. The maximum absolute atomic E-state index is 14.6. The quantitative estimate of drug-likeness (QED) is 0.365. The molecule has 0 amide bonds. The monoisotopic (exact) mass is 547 g/mol. The van der Waals surface area contributed by atoms with E-state index < -0.39 is 22.9 Å². The Labute approximate surface area is 237 Å². The predicted molar refractivity (Wildman–Crippen MR) is 148 cm³/mol. The smallest absolute Gasteiger partial charge is 0.233 e. The van der Waals surface area contributed by atoms with Crippen molar-refractivity contribution in [3.8, 4) is 0 Å². The Morgan fingerprint density at radius 2 is 1.80 bits per heavy atom. The van der Waals surface area contributed by atoms with Crippen LogP contribution in [0.3, 0.4) is 0 Å². The first kappa shape index (κ1) is 27.5. The lowest BCUT2D eigenvalue weighted by molar-refractivity contribution is -0.166. The van der Waals surface area contributed by atoms with E-state index in [2.05, 4.69) is 49.6 Å². The second kappa shape index (κ2) is 8.46. The standard InChI is InChI=1S/C33H42FN3O3/c1-18-9-12-33(28-36-24(17-34)37-40-28)14-13-32(7)26(25(33)19(18)2)21(38)15-23-30(5)16-20(35-8)27(39)29(3,4)22(30)10-11-31(23,32)6/h15-16,18-19,22,25-26H,9-14,17H2,1-7H3/t18-,19+,22+,25+,26-,30+,31-,32-,33+/m1/s1. The summed E-state index contributed by atoms with van der Waals surface area (Å²) >= 11 is 0. The third-order valence-corrected chi connectivity index (χ3v) is 13.2. The molecule has 3 saturated carbocycles. The van der Waals surface area contributed by atoms with E-state index in [1.54, 1.807) is 0 Å². The maximum atomic E-state index is 14.6. The molecule has 0 radical (unpaired) electrons. The minimum absolute atomic E-state index is 0.00860. The zero-order valence-electron chi connectivity index (χ0n) is 24.9. The van der Waals surface area contributed by atoms with E-state index in [4.69, 9.17) is 11.1 Å². The third-order valence-electron chi connectivity index (χ3n) is 13.2. The van der Waals surface area contributed by atoms with Crippen LogP contribution in [0, 0.1) is 57.8 Å². The van der Waals surface area contributed by atoms with Gasteiger partial charge in [-0.3, -0.25) is 4.79 Å². The molecule has 7 heteroatoms. The van der Waals surface area contributed by atoms with Gasteiger partial charge in [0.2, 0.25) is 17.4 Å². The first-order valence-corrected chi connectivity index (χ1v) is 15.0. The number of aromatic nitrogens is 2. The van der Waals surface area contributed by atoms with E-state index in [9.17, 15) is 14.0 Å². The Morgan fingerprint density at radius 1 is 1.07 bits per heavy atom. The van der Waals surface area contributed by atoms with Crippen molar-refractivity contribution in [1.82, 2.24) is 10.1 Å². The first-order chi connectivity index (χ1) is 18.7. The number of alkyl halides is 1. The zero-order chi connectivity index (χ0) is 29.0. The summed E-state index contributed by atoms with van der Waals surface area (Å²) < 4.78 is 19.3. The van der Waals surface area contributed by atoms with Crippen molar-refractivity contribution in [3.63, 3.8) is 0 Å². The number of ketones is 2. The van der Waals surface area contributed by atoms with Crippen molar-refractivity contribution < 1.29 is 18.5 Å². The molecule has 214 valence electrons. The Hall–Kier alpha value is -2.62. The summed E-state index contributed by atoms with van der Waals surface area (Å²) in [6.07, 6.45) is 9.09. The molecular formula is C33H42FN3O3. The first-order valence-electron chi connectivity index (χ1n) is 15.0. The highest BCUT2D eigenvalue weighted by Crippen LogP contribution is 2.74. The van der Waals surface area contributed by atoms with Gasteiger partial charge in [0.1, 0.15) is 0 Å². The van der Waals surface area contributed by atoms with Crippen molar-refractivity contribution in [2.24, 2.45) is 51.2 Å². The fourth-order valence-electron chi connectivity index (χ4n) is 10.7. The second-order valence-corrected chi connectivity index (χ2v) is 15.0. The molecule has 0 unspecified atom stereocenters. The lowest BCUT2D eigenvalue weighted by atomic mass is 9.34. The van der Waals surface area contributed by atoms with Gasteiger partial charge in [-0.2, -0.15) is 4.98 Å². The van der Waals surface area contributed by atoms with Crippen LogP contribution in [0.1, 0.15) is 98.7 Å². The molecule has 1 heterocycles. The second-order valence-electron chi connectivity index (χ2n) is 15.0. The molecule has 0 aliphatic heterocycles. The van der Waals surface area contributed by atoms with Gasteiger partial charge in [0.05, 0.1) is 12.0 Å². The van der Waals surface area contributed by atoms with Crippen molar-refractivity contribution in [3.05, 3.63) is 46.6 Å². The van der Waals surface area contributed by atoms with Crippen LogP contribution in [0.5, 0.6) is 0 Å². The van der Waals surface area contributed by atoms with E-state index in [0.717, 1.165) is 44.1 Å². The molecule has 0 N–H and O–H groups in total. The normalized spacial score (nSPS) is 45.7. The summed E-state index contributed by atoms with van der Waals surface area (Å²) in [6, 6.07) is 0. The van der Waals surface area contributed by atoms with Crippen LogP contribution in [0.25, 0.3) is 4.85 Å². The van der Waals surface area contributed by atoms with Crippen molar-refractivity contribution in [1.29, 1.82) is 0 Å². The summed E-state index contributed by atoms with van der Waals surface area (Å²) in [4.78, 5) is 36.1. The van der Waals surface area contributed by atoms with Gasteiger partial charge >= 0.3 is 0 Å². The number of carbonyl (C=O) groups excluding carboxylic acids is 2. The number of carbonyl (C=O) groups is 2. The van der Waals surface area contributed by atoms with Crippen molar-refractivity contribution in [2.45, 2.75) is 99.1 Å². The van der Waals surface area contributed by atoms with Gasteiger partial charge in [-0.1, -0.05) is 65.3 Å². The molecule has 0 bridgehead atoms. The largest absolute Gasteiger partial charge is 0.339 e. The third kappa shape index (κ3) is 3.14. The molecule has 6 rings (SSSR count). The topological polar surface area (TPSA) is 77.4 Å². The maximum Gasteiger partial charge on any atom is 0.233 e. The summed E-state index contributed by atoms with van der Waals surface area (Å²) in [7, 11) is 0. The van der Waals surface area contributed by atoms with Crippen LogP contribution in [0.15, 0.2) is 27.9 Å². The summed E-state index contributed by atoms with van der Waals surface area (Å²) in [5.74, 6) is 1.15. The highest BCUT2D eigenvalue weighted by atomic mass is 19.1. The van der Waals surface area contributed by atoms with Crippen LogP contribution in [0.2, 0.25) is 0 Å². The number of Topliss-reactive ketones (excluding diaryl/α,β-unsaturated/α-hetero) is 1. The highest BCUT2D eigenvalue weighted by Gasteiger charge is 2.71. The number of hydrogen-bond acceptors (Lipinski definition) is 5. The number of hydrogen-bond donors (Lipinski definition) is 0. The summed E-state index contributed by atoms with van der Waals surface area (Å²) in [6.45, 7) is 22.3.